The molecule has 0 radical (unpaired) electrons. The third-order valence-corrected chi connectivity index (χ3v) is 3.15. The van der Waals surface area contributed by atoms with E-state index in [9.17, 15) is 9.18 Å². The van der Waals surface area contributed by atoms with Crippen LogP contribution in [0.5, 0.6) is 0 Å². The molecule has 0 aromatic rings. The molecule has 0 N–H and O–H groups in total. The number of halogens is 1. The van der Waals surface area contributed by atoms with Crippen molar-refractivity contribution in [1.29, 1.82) is 0 Å². The van der Waals surface area contributed by atoms with Crippen molar-refractivity contribution in [1.82, 2.24) is 0 Å². The van der Waals surface area contributed by atoms with E-state index in [4.69, 9.17) is 0 Å². The molecule has 1 aliphatic carbocycles. The standard InChI is InChI=1S/C12H21FO/c1-2-3-4-5-6-8-11(14)12(13)9-7-10-12/h2-10H2,1H3. The van der Waals surface area contributed by atoms with Gasteiger partial charge < -0.3 is 0 Å². The maximum Gasteiger partial charge on any atom is 0.169 e. The molecule has 14 heavy (non-hydrogen) atoms. The Balaban J connectivity index is 2.03. The molecule has 1 fully saturated rings. The summed E-state index contributed by atoms with van der Waals surface area (Å²) in [5, 5.41) is 0. The number of hydrogen-bond acceptors (Lipinski definition) is 1. The Morgan fingerprint density at radius 1 is 1.21 bits per heavy atom. The Kier molecular flexibility index (Phi) is 4.56. The van der Waals surface area contributed by atoms with Gasteiger partial charge in [0.05, 0.1) is 0 Å². The van der Waals surface area contributed by atoms with Gasteiger partial charge in [-0.1, -0.05) is 32.6 Å². The summed E-state index contributed by atoms with van der Waals surface area (Å²) in [6.45, 7) is 2.16. The van der Waals surface area contributed by atoms with E-state index in [1.165, 1.54) is 19.3 Å². The van der Waals surface area contributed by atoms with Crippen molar-refractivity contribution in [2.24, 2.45) is 0 Å². The van der Waals surface area contributed by atoms with Crippen LogP contribution >= 0.6 is 0 Å². The van der Waals surface area contributed by atoms with Crippen LogP contribution in [0.4, 0.5) is 4.39 Å². The van der Waals surface area contributed by atoms with Gasteiger partial charge in [-0.15, -0.1) is 0 Å². The van der Waals surface area contributed by atoms with Crippen LogP contribution in [0, 0.1) is 0 Å². The molecule has 0 unspecified atom stereocenters. The second-order valence-corrected chi connectivity index (χ2v) is 4.41. The molecule has 0 aromatic carbocycles. The van der Waals surface area contributed by atoms with Crippen LogP contribution in [0.2, 0.25) is 0 Å². The van der Waals surface area contributed by atoms with Gasteiger partial charge in [0.2, 0.25) is 0 Å². The highest BCUT2D eigenvalue weighted by Gasteiger charge is 2.43. The predicted octanol–water partition coefficient (Wildman–Crippen LogP) is 3.81. The van der Waals surface area contributed by atoms with Crippen LogP contribution < -0.4 is 0 Å². The monoisotopic (exact) mass is 200 g/mol. The van der Waals surface area contributed by atoms with Gasteiger partial charge >= 0.3 is 0 Å². The Morgan fingerprint density at radius 2 is 1.86 bits per heavy atom. The topological polar surface area (TPSA) is 17.1 Å². The minimum Gasteiger partial charge on any atom is -0.296 e. The highest BCUT2D eigenvalue weighted by atomic mass is 19.1. The van der Waals surface area contributed by atoms with E-state index in [2.05, 4.69) is 6.92 Å². The Morgan fingerprint density at radius 3 is 2.36 bits per heavy atom. The van der Waals surface area contributed by atoms with E-state index in [0.29, 0.717) is 19.3 Å². The molecular formula is C12H21FO. The van der Waals surface area contributed by atoms with Crippen LogP contribution in [0.3, 0.4) is 0 Å². The van der Waals surface area contributed by atoms with Crippen LogP contribution in [0.15, 0.2) is 0 Å². The molecule has 2 heteroatoms. The number of Topliss-reactive ketones (excluding diaryl/α,β-unsaturated/α-hetero) is 1. The number of hydrogen-bond donors (Lipinski definition) is 0. The van der Waals surface area contributed by atoms with E-state index in [-0.39, 0.29) is 5.78 Å². The lowest BCUT2D eigenvalue weighted by Gasteiger charge is -2.32. The number of unbranched alkanes of at least 4 members (excludes halogenated alkanes) is 4. The fraction of sp³-hybridized carbons (Fsp3) is 0.917. The summed E-state index contributed by atoms with van der Waals surface area (Å²) in [7, 11) is 0. The summed E-state index contributed by atoms with van der Waals surface area (Å²) in [5.41, 5.74) is -1.41. The predicted molar refractivity (Wildman–Crippen MR) is 56.1 cm³/mol. The SMILES string of the molecule is CCCCCCCC(=O)C1(F)CCC1. The maximum absolute atomic E-state index is 13.5. The fourth-order valence-corrected chi connectivity index (χ4v) is 1.88. The summed E-state index contributed by atoms with van der Waals surface area (Å²) >= 11 is 0. The molecule has 0 saturated heterocycles. The average Bonchev–Trinajstić information content (AvgIpc) is 2.13. The molecule has 1 nitrogen and oxygen atoms in total. The van der Waals surface area contributed by atoms with Crippen LogP contribution in [-0.2, 0) is 4.79 Å². The van der Waals surface area contributed by atoms with Crippen LogP contribution in [0.25, 0.3) is 0 Å². The molecule has 0 bridgehead atoms. The Labute approximate surface area is 86.1 Å². The van der Waals surface area contributed by atoms with E-state index in [1.807, 2.05) is 0 Å². The molecule has 0 aliphatic heterocycles. The summed E-state index contributed by atoms with van der Waals surface area (Å²) < 4.78 is 13.5. The second kappa shape index (κ2) is 5.47. The van der Waals surface area contributed by atoms with Crippen molar-refractivity contribution in [3.8, 4) is 0 Å². The molecular weight excluding hydrogens is 179 g/mol. The zero-order valence-electron chi connectivity index (χ0n) is 9.15. The fourth-order valence-electron chi connectivity index (χ4n) is 1.88. The van der Waals surface area contributed by atoms with Gasteiger partial charge in [-0.25, -0.2) is 4.39 Å². The zero-order valence-corrected chi connectivity index (χ0v) is 9.15. The number of rotatable bonds is 7. The quantitative estimate of drug-likeness (QED) is 0.571. The maximum atomic E-state index is 13.5. The van der Waals surface area contributed by atoms with Crippen molar-refractivity contribution in [2.45, 2.75) is 70.4 Å². The highest BCUT2D eigenvalue weighted by molar-refractivity contribution is 5.88. The molecule has 0 amide bonds. The lowest BCUT2D eigenvalue weighted by molar-refractivity contribution is -0.136. The summed E-state index contributed by atoms with van der Waals surface area (Å²) in [5.74, 6) is -0.139. The lowest BCUT2D eigenvalue weighted by Crippen LogP contribution is -2.40. The number of carbonyl (C=O) groups is 1. The molecule has 1 saturated carbocycles. The zero-order chi connectivity index (χ0) is 10.4. The number of alkyl halides is 1. The summed E-state index contributed by atoms with van der Waals surface area (Å²) in [6, 6.07) is 0. The summed E-state index contributed by atoms with van der Waals surface area (Å²) in [6.07, 6.45) is 7.87. The average molecular weight is 200 g/mol. The minimum atomic E-state index is -1.41. The van der Waals surface area contributed by atoms with Crippen molar-refractivity contribution >= 4 is 5.78 Å². The number of ketones is 1. The van der Waals surface area contributed by atoms with Gasteiger partial charge in [0.25, 0.3) is 0 Å². The highest BCUT2D eigenvalue weighted by Crippen LogP contribution is 2.37. The Hall–Kier alpha value is -0.400. The smallest absolute Gasteiger partial charge is 0.169 e. The van der Waals surface area contributed by atoms with Crippen LogP contribution in [0.1, 0.15) is 64.7 Å². The molecule has 1 rings (SSSR count). The van der Waals surface area contributed by atoms with Gasteiger partial charge in [0, 0.05) is 6.42 Å². The molecule has 82 valence electrons. The van der Waals surface area contributed by atoms with Crippen molar-refractivity contribution < 1.29 is 9.18 Å². The van der Waals surface area contributed by atoms with Crippen LogP contribution in [-0.4, -0.2) is 11.5 Å². The molecule has 0 heterocycles. The number of carbonyl (C=O) groups excluding carboxylic acids is 1. The summed E-state index contributed by atoms with van der Waals surface area (Å²) in [4.78, 5) is 11.4. The van der Waals surface area contributed by atoms with Crippen molar-refractivity contribution in [3.63, 3.8) is 0 Å². The van der Waals surface area contributed by atoms with Gasteiger partial charge in [0.1, 0.15) is 0 Å². The molecule has 0 spiro atoms. The first-order chi connectivity index (χ1) is 6.69. The van der Waals surface area contributed by atoms with E-state index in [0.717, 1.165) is 19.3 Å². The first kappa shape index (κ1) is 11.7. The molecule has 0 atom stereocenters. The van der Waals surface area contributed by atoms with E-state index in [1.54, 1.807) is 0 Å². The van der Waals surface area contributed by atoms with Gasteiger partial charge in [-0.2, -0.15) is 0 Å². The Bertz CT molecular complexity index is 185. The second-order valence-electron chi connectivity index (χ2n) is 4.41. The minimum absolute atomic E-state index is 0.139. The largest absolute Gasteiger partial charge is 0.296 e. The third-order valence-electron chi connectivity index (χ3n) is 3.15. The van der Waals surface area contributed by atoms with E-state index >= 15 is 0 Å². The van der Waals surface area contributed by atoms with Gasteiger partial charge in [0.15, 0.2) is 11.5 Å². The first-order valence-electron chi connectivity index (χ1n) is 5.91. The van der Waals surface area contributed by atoms with E-state index < -0.39 is 5.67 Å². The van der Waals surface area contributed by atoms with Crippen molar-refractivity contribution in [2.75, 3.05) is 0 Å². The third kappa shape index (κ3) is 3.07. The van der Waals surface area contributed by atoms with Crippen molar-refractivity contribution in [3.05, 3.63) is 0 Å². The molecule has 1 aliphatic rings. The first-order valence-corrected chi connectivity index (χ1v) is 5.91. The molecule has 0 aromatic heterocycles. The van der Waals surface area contributed by atoms with Gasteiger partial charge in [-0.05, 0) is 25.7 Å². The van der Waals surface area contributed by atoms with Gasteiger partial charge in [-0.3, -0.25) is 4.79 Å². The lowest BCUT2D eigenvalue weighted by atomic mass is 9.77. The normalized spacial score (nSPS) is 19.0.